The van der Waals surface area contributed by atoms with Crippen LogP contribution in [0.15, 0.2) is 18.2 Å². The van der Waals surface area contributed by atoms with Crippen molar-refractivity contribution in [3.63, 3.8) is 0 Å². The molecular weight excluding hydrogens is 186 g/mol. The van der Waals surface area contributed by atoms with Gasteiger partial charge in [0.25, 0.3) is 0 Å². The minimum atomic E-state index is -0.470. The van der Waals surface area contributed by atoms with Gasteiger partial charge in [0, 0.05) is 5.92 Å². The summed E-state index contributed by atoms with van der Waals surface area (Å²) >= 11 is 0. The molecule has 0 N–H and O–H groups in total. The lowest BCUT2D eigenvalue weighted by Gasteiger charge is -2.07. The van der Waals surface area contributed by atoms with E-state index in [4.69, 9.17) is 0 Å². The Labute approximate surface area is 81.7 Å². The molecule has 0 heterocycles. The summed E-state index contributed by atoms with van der Waals surface area (Å²) in [5.74, 6) is -1.15. The molecule has 0 amide bonds. The Bertz CT molecular complexity index is 323. The van der Waals surface area contributed by atoms with Crippen LogP contribution in [0.1, 0.15) is 18.9 Å². The van der Waals surface area contributed by atoms with Gasteiger partial charge in [-0.05, 0) is 36.6 Å². The van der Waals surface area contributed by atoms with Crippen LogP contribution in [0.4, 0.5) is 8.78 Å². The summed E-state index contributed by atoms with van der Waals surface area (Å²) in [5.41, 5.74) is 0.268. The second-order valence-electron chi connectivity index (χ2n) is 3.24. The molecular formula is C11H12F2O. The van der Waals surface area contributed by atoms with E-state index in [0.29, 0.717) is 6.42 Å². The fraction of sp³-hybridized carbons (Fsp3) is 0.364. The van der Waals surface area contributed by atoms with Crippen molar-refractivity contribution in [3.8, 4) is 0 Å². The largest absolute Gasteiger partial charge is 0.303 e. The average molecular weight is 198 g/mol. The highest BCUT2D eigenvalue weighted by atomic mass is 19.1. The van der Waals surface area contributed by atoms with E-state index in [1.54, 1.807) is 0 Å². The predicted molar refractivity (Wildman–Crippen MR) is 49.9 cm³/mol. The Morgan fingerprint density at radius 3 is 2.71 bits per heavy atom. The summed E-state index contributed by atoms with van der Waals surface area (Å²) < 4.78 is 25.9. The Morgan fingerprint density at radius 2 is 2.14 bits per heavy atom. The first-order chi connectivity index (χ1) is 6.67. The minimum absolute atomic E-state index is 0.230. The summed E-state index contributed by atoms with van der Waals surface area (Å²) in [6.07, 6.45) is 1.69. The zero-order valence-corrected chi connectivity index (χ0v) is 7.97. The summed E-state index contributed by atoms with van der Waals surface area (Å²) in [4.78, 5) is 10.5. The number of benzene rings is 1. The van der Waals surface area contributed by atoms with Gasteiger partial charge in [-0.2, -0.15) is 0 Å². The first kappa shape index (κ1) is 10.8. The molecule has 1 nitrogen and oxygen atoms in total. The van der Waals surface area contributed by atoms with E-state index in [2.05, 4.69) is 0 Å². The van der Waals surface area contributed by atoms with E-state index in [1.807, 2.05) is 6.92 Å². The highest BCUT2D eigenvalue weighted by Gasteiger charge is 2.10. The lowest BCUT2D eigenvalue weighted by Crippen LogP contribution is -2.06. The van der Waals surface area contributed by atoms with E-state index in [1.165, 1.54) is 0 Å². The van der Waals surface area contributed by atoms with Gasteiger partial charge < -0.3 is 4.79 Å². The summed E-state index contributed by atoms with van der Waals surface area (Å²) in [7, 11) is 0. The molecule has 0 aliphatic carbocycles. The number of rotatable bonds is 4. The van der Waals surface area contributed by atoms with Crippen LogP contribution in [0.2, 0.25) is 0 Å². The molecule has 0 bridgehead atoms. The van der Waals surface area contributed by atoms with Crippen LogP contribution in [0.25, 0.3) is 0 Å². The van der Waals surface area contributed by atoms with Gasteiger partial charge in [0.05, 0.1) is 0 Å². The van der Waals surface area contributed by atoms with E-state index in [0.717, 1.165) is 24.5 Å². The number of aldehydes is 1. The van der Waals surface area contributed by atoms with E-state index < -0.39 is 11.6 Å². The minimum Gasteiger partial charge on any atom is -0.303 e. The van der Waals surface area contributed by atoms with Gasteiger partial charge in [-0.25, -0.2) is 8.78 Å². The second kappa shape index (κ2) is 4.84. The third-order valence-electron chi connectivity index (χ3n) is 2.21. The molecule has 0 saturated heterocycles. The van der Waals surface area contributed by atoms with Crippen molar-refractivity contribution in [3.05, 3.63) is 35.4 Å². The number of carbonyl (C=O) groups is 1. The maximum absolute atomic E-state index is 13.1. The van der Waals surface area contributed by atoms with E-state index in [-0.39, 0.29) is 17.9 Å². The number of carbonyl (C=O) groups excluding carboxylic acids is 1. The molecule has 0 radical (unpaired) electrons. The molecule has 0 aromatic heterocycles. The molecule has 1 rings (SSSR count). The van der Waals surface area contributed by atoms with Crippen molar-refractivity contribution in [1.29, 1.82) is 0 Å². The van der Waals surface area contributed by atoms with Crippen LogP contribution in [-0.2, 0) is 11.2 Å². The van der Waals surface area contributed by atoms with Gasteiger partial charge in [0.15, 0.2) is 0 Å². The van der Waals surface area contributed by atoms with Gasteiger partial charge in [0.2, 0.25) is 0 Å². The van der Waals surface area contributed by atoms with E-state index >= 15 is 0 Å². The molecule has 76 valence electrons. The molecule has 1 unspecified atom stereocenters. The fourth-order valence-corrected chi connectivity index (χ4v) is 1.27. The number of halogens is 2. The summed E-state index contributed by atoms with van der Waals surface area (Å²) in [6.45, 7) is 1.84. The standard InChI is InChI=1S/C11H12F2O/c1-2-8(7-14)5-9-6-10(12)3-4-11(9)13/h3-4,6-8H,2,5H2,1H3. The quantitative estimate of drug-likeness (QED) is 0.680. The first-order valence-corrected chi connectivity index (χ1v) is 4.56. The molecule has 0 aliphatic rings. The van der Waals surface area contributed by atoms with Crippen LogP contribution < -0.4 is 0 Å². The zero-order chi connectivity index (χ0) is 10.6. The maximum atomic E-state index is 13.1. The molecule has 0 aliphatic heterocycles. The lowest BCUT2D eigenvalue weighted by molar-refractivity contribution is -0.111. The topological polar surface area (TPSA) is 17.1 Å². The zero-order valence-electron chi connectivity index (χ0n) is 7.97. The van der Waals surface area contributed by atoms with Crippen molar-refractivity contribution in [2.75, 3.05) is 0 Å². The third-order valence-corrected chi connectivity index (χ3v) is 2.21. The number of hydrogen-bond donors (Lipinski definition) is 0. The van der Waals surface area contributed by atoms with E-state index in [9.17, 15) is 13.6 Å². The van der Waals surface area contributed by atoms with Gasteiger partial charge in [0.1, 0.15) is 17.9 Å². The van der Waals surface area contributed by atoms with Crippen molar-refractivity contribution < 1.29 is 13.6 Å². The second-order valence-corrected chi connectivity index (χ2v) is 3.24. The molecule has 3 heteroatoms. The third kappa shape index (κ3) is 2.62. The van der Waals surface area contributed by atoms with Crippen molar-refractivity contribution in [1.82, 2.24) is 0 Å². The summed E-state index contributed by atoms with van der Waals surface area (Å²) in [5, 5.41) is 0. The Hall–Kier alpha value is -1.25. The Morgan fingerprint density at radius 1 is 1.43 bits per heavy atom. The summed E-state index contributed by atoms with van der Waals surface area (Å²) in [6, 6.07) is 3.30. The van der Waals surface area contributed by atoms with Crippen LogP contribution in [0.3, 0.4) is 0 Å². The molecule has 0 fully saturated rings. The number of hydrogen-bond acceptors (Lipinski definition) is 1. The average Bonchev–Trinajstić information content (AvgIpc) is 2.19. The predicted octanol–water partition coefficient (Wildman–Crippen LogP) is 2.73. The monoisotopic (exact) mass is 198 g/mol. The van der Waals surface area contributed by atoms with Gasteiger partial charge in [-0.3, -0.25) is 0 Å². The molecule has 1 atom stereocenters. The van der Waals surface area contributed by atoms with Crippen LogP contribution in [0, 0.1) is 17.6 Å². The molecule has 14 heavy (non-hydrogen) atoms. The fourth-order valence-electron chi connectivity index (χ4n) is 1.27. The highest BCUT2D eigenvalue weighted by Crippen LogP contribution is 2.15. The SMILES string of the molecule is CCC(C=O)Cc1cc(F)ccc1F. The molecule has 1 aromatic carbocycles. The van der Waals surface area contributed by atoms with Gasteiger partial charge in [-0.1, -0.05) is 6.92 Å². The maximum Gasteiger partial charge on any atom is 0.126 e. The van der Waals surface area contributed by atoms with Gasteiger partial charge in [-0.15, -0.1) is 0 Å². The highest BCUT2D eigenvalue weighted by molar-refractivity contribution is 5.54. The van der Waals surface area contributed by atoms with Crippen molar-refractivity contribution >= 4 is 6.29 Å². The van der Waals surface area contributed by atoms with Crippen LogP contribution >= 0.6 is 0 Å². The smallest absolute Gasteiger partial charge is 0.126 e. The molecule has 1 aromatic rings. The normalized spacial score (nSPS) is 12.5. The lowest BCUT2D eigenvalue weighted by atomic mass is 9.98. The van der Waals surface area contributed by atoms with Crippen LogP contribution in [0.5, 0.6) is 0 Å². The first-order valence-electron chi connectivity index (χ1n) is 4.56. The van der Waals surface area contributed by atoms with Crippen molar-refractivity contribution in [2.24, 2.45) is 5.92 Å². The Kier molecular flexibility index (Phi) is 3.74. The van der Waals surface area contributed by atoms with Crippen molar-refractivity contribution in [2.45, 2.75) is 19.8 Å². The Balaban J connectivity index is 2.84. The van der Waals surface area contributed by atoms with Gasteiger partial charge >= 0.3 is 0 Å². The molecule has 0 saturated carbocycles. The molecule has 0 spiro atoms. The van der Waals surface area contributed by atoms with Crippen LogP contribution in [-0.4, -0.2) is 6.29 Å².